The number of allylic oxidation sites excluding steroid dienone is 5. The van der Waals surface area contributed by atoms with Crippen LogP contribution in [0.5, 0.6) is 0 Å². The van der Waals surface area contributed by atoms with E-state index in [9.17, 15) is 9.59 Å². The lowest BCUT2D eigenvalue weighted by molar-refractivity contribution is -0.154. The van der Waals surface area contributed by atoms with Gasteiger partial charge in [0.25, 0.3) is 0 Å². The lowest BCUT2D eigenvalue weighted by Gasteiger charge is -2.34. The summed E-state index contributed by atoms with van der Waals surface area (Å²) < 4.78 is 17.9. The van der Waals surface area contributed by atoms with Crippen LogP contribution in [0.15, 0.2) is 47.1 Å². The van der Waals surface area contributed by atoms with Crippen molar-refractivity contribution in [1.82, 2.24) is 0 Å². The minimum absolute atomic E-state index is 0.0806. The minimum atomic E-state index is -1.75. The second kappa shape index (κ2) is 13.2. The van der Waals surface area contributed by atoms with Gasteiger partial charge in [-0.1, -0.05) is 56.2 Å². The quantitative estimate of drug-likeness (QED) is 0.275. The normalized spacial score (nSPS) is 35.2. The molecule has 186 valence electrons. The summed E-state index contributed by atoms with van der Waals surface area (Å²) in [7, 11) is -0.198. The van der Waals surface area contributed by atoms with Crippen molar-refractivity contribution in [2.75, 3.05) is 7.11 Å². The van der Waals surface area contributed by atoms with Gasteiger partial charge in [0.1, 0.15) is 18.5 Å². The molecule has 0 aliphatic carbocycles. The third-order valence-corrected chi connectivity index (χ3v) is 6.74. The average Bonchev–Trinajstić information content (AvgIpc) is 2.71. The van der Waals surface area contributed by atoms with Gasteiger partial charge in [-0.3, -0.25) is 0 Å². The van der Waals surface area contributed by atoms with Crippen molar-refractivity contribution in [3.63, 3.8) is 0 Å². The molecular formula is C27H44O5Si. The van der Waals surface area contributed by atoms with Crippen LogP contribution >= 0.6 is 0 Å². The van der Waals surface area contributed by atoms with Crippen molar-refractivity contribution in [2.45, 2.75) is 85.9 Å². The third-order valence-electron chi connectivity index (χ3n) is 5.76. The van der Waals surface area contributed by atoms with E-state index in [4.69, 9.17) is 13.9 Å². The first-order valence-corrected chi connectivity index (χ1v) is 15.3. The van der Waals surface area contributed by atoms with Crippen LogP contribution in [0.3, 0.4) is 0 Å². The Labute approximate surface area is 202 Å². The molecular weight excluding hydrogens is 432 g/mol. The minimum Gasteiger partial charge on any atom is -0.455 e. The Morgan fingerprint density at radius 1 is 1.18 bits per heavy atom. The molecule has 0 N–H and O–H groups in total. The predicted octanol–water partition coefficient (Wildman–Crippen LogP) is 6.04. The fourth-order valence-electron chi connectivity index (χ4n) is 4.22. The van der Waals surface area contributed by atoms with Gasteiger partial charge >= 0.3 is 5.97 Å². The van der Waals surface area contributed by atoms with E-state index in [0.29, 0.717) is 11.5 Å². The van der Waals surface area contributed by atoms with Crippen molar-refractivity contribution in [1.29, 1.82) is 0 Å². The molecule has 0 aromatic heterocycles. The molecule has 0 aromatic carbocycles. The molecule has 1 heterocycles. The molecule has 0 saturated carbocycles. The number of rotatable bonds is 5. The molecule has 0 radical (unpaired) electrons. The Morgan fingerprint density at radius 2 is 1.82 bits per heavy atom. The number of esters is 1. The highest BCUT2D eigenvalue weighted by Gasteiger charge is 2.31. The van der Waals surface area contributed by atoms with Crippen LogP contribution in [0.4, 0.5) is 0 Å². The van der Waals surface area contributed by atoms with Crippen LogP contribution < -0.4 is 0 Å². The van der Waals surface area contributed by atoms with Gasteiger partial charge in [0, 0.05) is 12.7 Å². The van der Waals surface area contributed by atoms with Crippen LogP contribution in [0.25, 0.3) is 0 Å². The molecule has 0 bridgehead atoms. The number of methoxy groups -OCH3 is 1. The van der Waals surface area contributed by atoms with Gasteiger partial charge in [-0.25, -0.2) is 4.79 Å². The van der Waals surface area contributed by atoms with Crippen LogP contribution in [0, 0.1) is 17.8 Å². The first-order valence-electron chi connectivity index (χ1n) is 11.9. The maximum absolute atomic E-state index is 12.8. The van der Waals surface area contributed by atoms with Crippen molar-refractivity contribution in [3.8, 4) is 0 Å². The number of aldehydes is 1. The number of carbonyl (C=O) groups excluding carboxylic acids is 2. The van der Waals surface area contributed by atoms with Gasteiger partial charge in [-0.15, -0.1) is 0 Å². The Bertz CT molecular complexity index is 787. The molecule has 5 nitrogen and oxygen atoms in total. The van der Waals surface area contributed by atoms with Crippen molar-refractivity contribution in [3.05, 3.63) is 47.1 Å². The Kier molecular flexibility index (Phi) is 11.7. The molecule has 0 saturated heterocycles. The number of cyclic esters (lactones) is 1. The van der Waals surface area contributed by atoms with Gasteiger partial charge in [0.15, 0.2) is 8.32 Å². The zero-order valence-corrected chi connectivity index (χ0v) is 23.2. The fourth-order valence-corrected chi connectivity index (χ4v) is 5.48. The Morgan fingerprint density at radius 3 is 2.36 bits per heavy atom. The van der Waals surface area contributed by atoms with E-state index in [2.05, 4.69) is 52.6 Å². The molecule has 6 heteroatoms. The Hall–Kier alpha value is -1.76. The molecule has 0 fully saturated rings. The summed E-state index contributed by atoms with van der Waals surface area (Å²) in [5.74, 6) is -0.448. The molecule has 6 atom stereocenters. The van der Waals surface area contributed by atoms with Crippen molar-refractivity contribution in [2.24, 2.45) is 17.8 Å². The number of hydrogen-bond acceptors (Lipinski definition) is 5. The number of hydrogen-bond donors (Lipinski definition) is 0. The van der Waals surface area contributed by atoms with Crippen LogP contribution in [-0.4, -0.2) is 46.0 Å². The highest BCUT2D eigenvalue weighted by molar-refractivity contribution is 6.69. The van der Waals surface area contributed by atoms with Gasteiger partial charge in [0.05, 0.1) is 12.0 Å². The average molecular weight is 477 g/mol. The highest BCUT2D eigenvalue weighted by atomic mass is 28.4. The lowest BCUT2D eigenvalue weighted by atomic mass is 9.87. The molecule has 0 spiro atoms. The van der Waals surface area contributed by atoms with E-state index in [1.165, 1.54) is 5.57 Å². The standard InChI is InChI=1S/C27H44O5Si/c1-18-12-11-13-24(30-7)26(23(6)17-28)31-27(29)22(5)16-19(2)15-21(4)25(20(3)14-18)32-33(8,9)10/h11-13,15-17,20-21,23-26H,14H2,1-10H3/b13-11+,18-12+,19-15+,22-16+/t20-,21+,23+,24-,25-,26+/m0/s1. The Balaban J connectivity index is 3.47. The molecule has 0 aromatic rings. The van der Waals surface area contributed by atoms with E-state index in [1.54, 1.807) is 21.0 Å². The molecule has 1 aliphatic heterocycles. The molecule has 0 unspecified atom stereocenters. The zero-order chi connectivity index (χ0) is 25.3. The van der Waals surface area contributed by atoms with E-state index in [-0.39, 0.29) is 12.0 Å². The van der Waals surface area contributed by atoms with E-state index in [1.807, 2.05) is 25.2 Å². The topological polar surface area (TPSA) is 61.8 Å². The number of carbonyl (C=O) groups is 2. The third kappa shape index (κ3) is 9.94. The van der Waals surface area contributed by atoms with Crippen LogP contribution in [0.1, 0.15) is 48.0 Å². The van der Waals surface area contributed by atoms with E-state index < -0.39 is 32.4 Å². The second-order valence-electron chi connectivity index (χ2n) is 10.4. The van der Waals surface area contributed by atoms with Gasteiger partial charge in [0.2, 0.25) is 0 Å². The van der Waals surface area contributed by atoms with Gasteiger partial charge < -0.3 is 18.7 Å². The van der Waals surface area contributed by atoms with E-state index >= 15 is 0 Å². The summed E-state index contributed by atoms with van der Waals surface area (Å²) in [6.07, 6.45) is 10.4. The fraction of sp³-hybridized carbons (Fsp3) is 0.630. The number of ether oxygens (including phenoxy) is 2. The maximum atomic E-state index is 12.8. The van der Waals surface area contributed by atoms with Crippen LogP contribution in [0.2, 0.25) is 19.6 Å². The molecule has 0 amide bonds. The monoisotopic (exact) mass is 476 g/mol. The summed E-state index contributed by atoms with van der Waals surface area (Å²) in [5, 5.41) is 0. The lowest BCUT2D eigenvalue weighted by Crippen LogP contribution is -2.39. The summed E-state index contributed by atoms with van der Waals surface area (Å²) in [5.41, 5.74) is 2.69. The SMILES string of the molecule is CO[C@H]1/C=C/C=C(\C)C[C@H](C)[C@H](O[Si](C)(C)C)[C@H](C)/C=C(C)/C=C(\C)C(=O)O[C@@H]1[C@H](C)C=O. The largest absolute Gasteiger partial charge is 0.455 e. The highest BCUT2D eigenvalue weighted by Crippen LogP contribution is 2.28. The first-order chi connectivity index (χ1) is 15.3. The van der Waals surface area contributed by atoms with Crippen molar-refractivity contribution < 1.29 is 23.5 Å². The predicted molar refractivity (Wildman–Crippen MR) is 137 cm³/mol. The van der Waals surface area contributed by atoms with Gasteiger partial charge in [-0.2, -0.15) is 0 Å². The van der Waals surface area contributed by atoms with Crippen molar-refractivity contribution >= 4 is 20.6 Å². The summed E-state index contributed by atoms with van der Waals surface area (Å²) >= 11 is 0. The molecule has 1 rings (SSSR count). The van der Waals surface area contributed by atoms with Crippen LogP contribution in [-0.2, 0) is 23.5 Å². The van der Waals surface area contributed by atoms with E-state index in [0.717, 1.165) is 18.3 Å². The first kappa shape index (κ1) is 29.3. The smallest absolute Gasteiger partial charge is 0.334 e. The second-order valence-corrected chi connectivity index (χ2v) is 14.9. The maximum Gasteiger partial charge on any atom is 0.334 e. The zero-order valence-electron chi connectivity index (χ0n) is 22.2. The summed E-state index contributed by atoms with van der Waals surface area (Å²) in [4.78, 5) is 24.3. The summed E-state index contributed by atoms with van der Waals surface area (Å²) in [6, 6.07) is 0. The summed E-state index contributed by atoms with van der Waals surface area (Å²) in [6.45, 7) is 18.6. The molecule has 33 heavy (non-hydrogen) atoms. The molecule has 1 aliphatic rings. The van der Waals surface area contributed by atoms with Gasteiger partial charge in [-0.05, 0) is 64.7 Å².